The normalized spacial score (nSPS) is 17.3. The van der Waals surface area contributed by atoms with Crippen molar-refractivity contribution in [2.24, 2.45) is 0 Å². The first-order chi connectivity index (χ1) is 14.4. The van der Waals surface area contributed by atoms with Crippen molar-refractivity contribution in [3.05, 3.63) is 59.9 Å². The Kier molecular flexibility index (Phi) is 5.86. The Morgan fingerprint density at radius 3 is 2.70 bits per heavy atom. The molecule has 1 aliphatic rings. The third-order valence-corrected chi connectivity index (χ3v) is 5.54. The van der Waals surface area contributed by atoms with Gasteiger partial charge in [0.2, 0.25) is 0 Å². The first-order valence-electron chi connectivity index (χ1n) is 10.7. The number of imidazole rings is 1. The Balaban J connectivity index is 1.57. The van der Waals surface area contributed by atoms with E-state index in [-0.39, 0.29) is 5.41 Å². The predicted molar refractivity (Wildman–Crippen MR) is 120 cm³/mol. The second-order valence-corrected chi connectivity index (χ2v) is 9.06. The van der Waals surface area contributed by atoms with Crippen molar-refractivity contribution in [2.45, 2.75) is 51.6 Å². The average molecular weight is 406 g/mol. The van der Waals surface area contributed by atoms with Crippen LogP contribution in [0.5, 0.6) is 0 Å². The molecule has 30 heavy (non-hydrogen) atoms. The molecule has 1 aliphatic heterocycles. The Morgan fingerprint density at radius 2 is 1.97 bits per heavy atom. The first-order valence-corrected chi connectivity index (χ1v) is 10.7. The summed E-state index contributed by atoms with van der Waals surface area (Å²) in [6.45, 7) is 8.83. The van der Waals surface area contributed by atoms with E-state index in [1.54, 1.807) is 7.11 Å². The molecule has 1 unspecified atom stereocenters. The van der Waals surface area contributed by atoms with Crippen LogP contribution < -0.4 is 4.90 Å². The molecule has 0 aliphatic carbocycles. The van der Waals surface area contributed by atoms with Gasteiger partial charge in [0, 0.05) is 37.6 Å². The van der Waals surface area contributed by atoms with E-state index in [4.69, 9.17) is 19.7 Å². The molecule has 3 aromatic rings. The maximum absolute atomic E-state index is 5.35. The third kappa shape index (κ3) is 4.54. The summed E-state index contributed by atoms with van der Waals surface area (Å²) in [6.07, 6.45) is 4.18. The van der Waals surface area contributed by atoms with Gasteiger partial charge in [0.15, 0.2) is 0 Å². The van der Waals surface area contributed by atoms with Crippen LogP contribution in [0.4, 0.5) is 5.82 Å². The molecule has 0 radical (unpaired) electrons. The molecule has 1 fully saturated rings. The number of anilines is 1. The second-order valence-electron chi connectivity index (χ2n) is 9.06. The smallest absolute Gasteiger partial charge is 0.136 e. The van der Waals surface area contributed by atoms with E-state index < -0.39 is 0 Å². The van der Waals surface area contributed by atoms with E-state index >= 15 is 0 Å². The number of nitrogens with zero attached hydrogens (tertiary/aromatic N) is 4. The van der Waals surface area contributed by atoms with Crippen molar-refractivity contribution in [1.82, 2.24) is 19.9 Å². The lowest BCUT2D eigenvalue weighted by molar-refractivity contribution is 0.181. The molecule has 158 valence electrons. The van der Waals surface area contributed by atoms with E-state index in [1.807, 2.05) is 12.3 Å². The van der Waals surface area contributed by atoms with Gasteiger partial charge in [-0.2, -0.15) is 0 Å². The molecule has 0 spiro atoms. The largest absolute Gasteiger partial charge is 0.378 e. The molecule has 0 amide bonds. The summed E-state index contributed by atoms with van der Waals surface area (Å²) < 4.78 is 5.35. The minimum atomic E-state index is -0.112. The molecule has 4 rings (SSSR count). The number of hydrogen-bond donors (Lipinski definition) is 1. The number of rotatable bonds is 5. The predicted octanol–water partition coefficient (Wildman–Crippen LogP) is 4.69. The number of ether oxygens (including phenoxy) is 1. The zero-order chi connectivity index (χ0) is 21.1. The zero-order valence-corrected chi connectivity index (χ0v) is 18.4. The number of aromatic nitrogens is 4. The summed E-state index contributed by atoms with van der Waals surface area (Å²) in [7, 11) is 1.71. The molecule has 1 aromatic carbocycles. The summed E-state index contributed by atoms with van der Waals surface area (Å²) in [6, 6.07) is 12.4. The molecule has 0 saturated carbocycles. The van der Waals surface area contributed by atoms with Crippen LogP contribution in [0.25, 0.3) is 11.3 Å². The molecule has 1 atom stereocenters. The molecular formula is C24H31N5O. The number of piperidine rings is 1. The SMILES string of the molecule is COCc1cc(N2CCCC(c3ncc(-c4ccccc4)[nH]3)C2)nc(C(C)(C)C)n1. The topological polar surface area (TPSA) is 66.9 Å². The summed E-state index contributed by atoms with van der Waals surface area (Å²) in [4.78, 5) is 20.3. The highest BCUT2D eigenvalue weighted by Gasteiger charge is 2.27. The van der Waals surface area contributed by atoms with E-state index in [0.29, 0.717) is 12.5 Å². The highest BCUT2D eigenvalue weighted by atomic mass is 16.5. The van der Waals surface area contributed by atoms with Gasteiger partial charge in [0.1, 0.15) is 17.5 Å². The van der Waals surface area contributed by atoms with Gasteiger partial charge in [-0.15, -0.1) is 0 Å². The Morgan fingerprint density at radius 1 is 1.17 bits per heavy atom. The fourth-order valence-electron chi connectivity index (χ4n) is 3.92. The molecule has 6 heteroatoms. The van der Waals surface area contributed by atoms with Gasteiger partial charge >= 0.3 is 0 Å². The van der Waals surface area contributed by atoms with Gasteiger partial charge in [0.25, 0.3) is 0 Å². The van der Waals surface area contributed by atoms with Crippen molar-refractivity contribution in [3.63, 3.8) is 0 Å². The Hall–Kier alpha value is -2.73. The van der Waals surface area contributed by atoms with Crippen LogP contribution in [0, 0.1) is 0 Å². The Labute approximate surface area is 178 Å². The fraction of sp³-hybridized carbons (Fsp3) is 0.458. The lowest BCUT2D eigenvalue weighted by atomic mass is 9.95. The van der Waals surface area contributed by atoms with Crippen LogP contribution in [-0.4, -0.2) is 40.1 Å². The number of nitrogens with one attached hydrogen (secondary N) is 1. The summed E-state index contributed by atoms with van der Waals surface area (Å²) in [5.41, 5.74) is 3.05. The minimum absolute atomic E-state index is 0.112. The van der Waals surface area contributed by atoms with Crippen LogP contribution in [-0.2, 0) is 16.8 Å². The summed E-state index contributed by atoms with van der Waals surface area (Å²) >= 11 is 0. The summed E-state index contributed by atoms with van der Waals surface area (Å²) in [5.74, 6) is 3.26. The van der Waals surface area contributed by atoms with Gasteiger partial charge < -0.3 is 14.6 Å². The van der Waals surface area contributed by atoms with E-state index in [1.165, 1.54) is 5.56 Å². The number of methoxy groups -OCH3 is 1. The molecule has 3 heterocycles. The molecular weight excluding hydrogens is 374 g/mol. The molecule has 2 aromatic heterocycles. The van der Waals surface area contributed by atoms with Crippen molar-refractivity contribution in [3.8, 4) is 11.3 Å². The van der Waals surface area contributed by atoms with Gasteiger partial charge in [-0.3, -0.25) is 0 Å². The van der Waals surface area contributed by atoms with Crippen LogP contribution in [0.3, 0.4) is 0 Å². The van der Waals surface area contributed by atoms with Gasteiger partial charge in [-0.25, -0.2) is 15.0 Å². The average Bonchev–Trinajstić information content (AvgIpc) is 3.24. The van der Waals surface area contributed by atoms with Crippen molar-refractivity contribution >= 4 is 5.82 Å². The van der Waals surface area contributed by atoms with Gasteiger partial charge in [-0.05, 0) is 18.4 Å². The van der Waals surface area contributed by atoms with Crippen LogP contribution in [0.2, 0.25) is 0 Å². The Bertz CT molecular complexity index is 977. The third-order valence-electron chi connectivity index (χ3n) is 5.54. The van der Waals surface area contributed by atoms with Crippen molar-refractivity contribution in [1.29, 1.82) is 0 Å². The second kappa shape index (κ2) is 8.56. The van der Waals surface area contributed by atoms with E-state index in [9.17, 15) is 0 Å². The fourth-order valence-corrected chi connectivity index (χ4v) is 3.92. The lowest BCUT2D eigenvalue weighted by Gasteiger charge is -2.33. The van der Waals surface area contributed by atoms with Crippen molar-refractivity contribution < 1.29 is 4.74 Å². The van der Waals surface area contributed by atoms with Gasteiger partial charge in [0.05, 0.1) is 24.2 Å². The van der Waals surface area contributed by atoms with Crippen LogP contribution in [0.15, 0.2) is 42.6 Å². The molecule has 0 bridgehead atoms. The van der Waals surface area contributed by atoms with Crippen molar-refractivity contribution in [2.75, 3.05) is 25.1 Å². The quantitative estimate of drug-likeness (QED) is 0.667. The van der Waals surface area contributed by atoms with Gasteiger partial charge in [-0.1, -0.05) is 51.1 Å². The van der Waals surface area contributed by atoms with E-state index in [2.05, 4.69) is 61.0 Å². The minimum Gasteiger partial charge on any atom is -0.378 e. The molecule has 1 N–H and O–H groups in total. The maximum Gasteiger partial charge on any atom is 0.136 e. The highest BCUT2D eigenvalue weighted by Crippen LogP contribution is 2.30. The standard InChI is InChI=1S/C24H31N5O/c1-24(2,3)23-26-19(16-30-4)13-21(28-23)29-12-8-11-18(15-29)22-25-14-20(27-22)17-9-6-5-7-10-17/h5-7,9-10,13-14,18H,8,11-12,15-16H2,1-4H3,(H,25,27). The van der Waals surface area contributed by atoms with Crippen LogP contribution in [0.1, 0.15) is 56.9 Å². The molecule has 6 nitrogen and oxygen atoms in total. The highest BCUT2D eigenvalue weighted by molar-refractivity contribution is 5.58. The number of aromatic amines is 1. The number of benzene rings is 1. The van der Waals surface area contributed by atoms with E-state index in [0.717, 1.165) is 54.8 Å². The summed E-state index contributed by atoms with van der Waals surface area (Å²) in [5, 5.41) is 0. The lowest BCUT2D eigenvalue weighted by Crippen LogP contribution is -2.36. The monoisotopic (exact) mass is 405 g/mol. The maximum atomic E-state index is 5.35. The zero-order valence-electron chi connectivity index (χ0n) is 18.4. The number of hydrogen-bond acceptors (Lipinski definition) is 5. The van der Waals surface area contributed by atoms with Crippen LogP contribution >= 0.6 is 0 Å². The number of H-pyrrole nitrogens is 1. The first kappa shape index (κ1) is 20.5. The molecule has 1 saturated heterocycles.